The van der Waals surface area contributed by atoms with E-state index in [0.717, 1.165) is 24.0 Å². The number of rotatable bonds is 3. The van der Waals surface area contributed by atoms with Crippen LogP contribution in [0.25, 0.3) is 11.1 Å². The van der Waals surface area contributed by atoms with Crippen molar-refractivity contribution in [2.75, 3.05) is 13.1 Å². The first kappa shape index (κ1) is 19.9. The molecule has 2 aromatic rings. The Morgan fingerprint density at radius 3 is 2.21 bits per heavy atom. The van der Waals surface area contributed by atoms with Crippen LogP contribution in [0, 0.1) is 0 Å². The molecule has 0 spiro atoms. The fourth-order valence-electron chi connectivity index (χ4n) is 3.52. The van der Waals surface area contributed by atoms with Gasteiger partial charge in [0, 0.05) is 18.7 Å². The number of piperidine rings is 1. The van der Waals surface area contributed by atoms with E-state index in [1.807, 2.05) is 32.9 Å². The molecule has 5 heteroatoms. The predicted octanol–water partition coefficient (Wildman–Crippen LogP) is 4.57. The lowest BCUT2D eigenvalue weighted by molar-refractivity contribution is 0.0204. The minimum atomic E-state index is -0.466. The van der Waals surface area contributed by atoms with Crippen LogP contribution in [0.4, 0.5) is 4.79 Å². The van der Waals surface area contributed by atoms with Gasteiger partial charge in [-0.25, -0.2) is 4.79 Å². The fraction of sp³-hybridized carbons (Fsp3) is 0.391. The molecule has 5 nitrogen and oxygen atoms in total. The topological polar surface area (TPSA) is 72.6 Å². The summed E-state index contributed by atoms with van der Waals surface area (Å²) in [5, 5.41) is 0. The van der Waals surface area contributed by atoms with Crippen molar-refractivity contribution in [3.8, 4) is 11.1 Å². The molecular formula is C23H28N2O3. The molecule has 3 rings (SSSR count). The van der Waals surface area contributed by atoms with Crippen molar-refractivity contribution in [1.29, 1.82) is 0 Å². The number of nitrogens with two attached hydrogens (primary N) is 1. The molecule has 1 saturated heterocycles. The molecule has 1 aliphatic rings. The number of nitrogens with zero attached hydrogens (tertiary/aromatic N) is 1. The minimum absolute atomic E-state index is 0.228. The van der Waals surface area contributed by atoms with Gasteiger partial charge >= 0.3 is 6.09 Å². The van der Waals surface area contributed by atoms with Crippen molar-refractivity contribution in [1.82, 2.24) is 4.90 Å². The number of amides is 2. The van der Waals surface area contributed by atoms with E-state index in [2.05, 4.69) is 24.3 Å². The van der Waals surface area contributed by atoms with Crippen molar-refractivity contribution >= 4 is 12.0 Å². The number of primary amides is 1. The minimum Gasteiger partial charge on any atom is -0.444 e. The standard InChI is InChI=1S/C23H28N2O3/c1-23(2,3)28-22(27)25-13-11-17(12-14-25)20-6-4-5-19(15-20)16-7-9-18(10-8-16)21(24)26/h4-10,15,17H,11-14H2,1-3H3,(H2,24,26). The lowest BCUT2D eigenvalue weighted by Crippen LogP contribution is -2.41. The van der Waals surface area contributed by atoms with E-state index in [1.165, 1.54) is 5.56 Å². The van der Waals surface area contributed by atoms with E-state index in [0.29, 0.717) is 24.6 Å². The Kier molecular flexibility index (Phi) is 5.73. The molecule has 0 saturated carbocycles. The molecule has 0 unspecified atom stereocenters. The molecule has 148 valence electrons. The molecule has 1 aliphatic heterocycles. The normalized spacial score (nSPS) is 15.3. The van der Waals surface area contributed by atoms with E-state index >= 15 is 0 Å². The van der Waals surface area contributed by atoms with E-state index in [4.69, 9.17) is 10.5 Å². The molecule has 0 radical (unpaired) electrons. The molecule has 2 aromatic carbocycles. The Hall–Kier alpha value is -2.82. The molecule has 1 fully saturated rings. The van der Waals surface area contributed by atoms with E-state index in [1.54, 1.807) is 17.0 Å². The highest BCUT2D eigenvalue weighted by Gasteiger charge is 2.27. The number of ether oxygens (including phenoxy) is 1. The third kappa shape index (κ3) is 4.91. The van der Waals surface area contributed by atoms with Crippen molar-refractivity contribution in [3.63, 3.8) is 0 Å². The van der Waals surface area contributed by atoms with Gasteiger partial charge in [0.25, 0.3) is 0 Å². The molecule has 28 heavy (non-hydrogen) atoms. The number of benzene rings is 2. The zero-order valence-corrected chi connectivity index (χ0v) is 16.8. The zero-order chi connectivity index (χ0) is 20.3. The summed E-state index contributed by atoms with van der Waals surface area (Å²) in [6.45, 7) is 7.07. The second-order valence-corrected chi connectivity index (χ2v) is 8.31. The smallest absolute Gasteiger partial charge is 0.410 e. The third-order valence-corrected chi connectivity index (χ3v) is 5.01. The number of carbonyl (C=O) groups is 2. The third-order valence-electron chi connectivity index (χ3n) is 5.01. The highest BCUT2D eigenvalue weighted by molar-refractivity contribution is 5.93. The zero-order valence-electron chi connectivity index (χ0n) is 16.8. The highest BCUT2D eigenvalue weighted by Crippen LogP contribution is 2.31. The average Bonchev–Trinajstić information content (AvgIpc) is 2.67. The maximum absolute atomic E-state index is 12.2. The van der Waals surface area contributed by atoms with Gasteiger partial charge in [-0.1, -0.05) is 36.4 Å². The molecule has 1 heterocycles. The monoisotopic (exact) mass is 380 g/mol. The van der Waals surface area contributed by atoms with Crippen LogP contribution in [-0.4, -0.2) is 35.6 Å². The van der Waals surface area contributed by atoms with Gasteiger partial charge in [0.1, 0.15) is 5.60 Å². The van der Waals surface area contributed by atoms with Crippen LogP contribution in [0.2, 0.25) is 0 Å². The maximum atomic E-state index is 12.2. The van der Waals surface area contributed by atoms with Gasteiger partial charge in [0.15, 0.2) is 0 Å². The Labute approximate surface area is 166 Å². The van der Waals surface area contributed by atoms with Crippen LogP contribution >= 0.6 is 0 Å². The van der Waals surface area contributed by atoms with Crippen LogP contribution in [0.5, 0.6) is 0 Å². The van der Waals surface area contributed by atoms with E-state index in [9.17, 15) is 9.59 Å². The van der Waals surface area contributed by atoms with Crippen molar-refractivity contribution in [3.05, 3.63) is 59.7 Å². The van der Waals surface area contributed by atoms with Gasteiger partial charge in [0.05, 0.1) is 0 Å². The van der Waals surface area contributed by atoms with Gasteiger partial charge in [0.2, 0.25) is 5.91 Å². The summed E-state index contributed by atoms with van der Waals surface area (Å²) in [6, 6.07) is 15.8. The molecule has 0 aromatic heterocycles. The molecule has 0 bridgehead atoms. The van der Waals surface area contributed by atoms with Crippen molar-refractivity contribution in [2.45, 2.75) is 45.1 Å². The van der Waals surface area contributed by atoms with Gasteiger partial charge in [-0.2, -0.15) is 0 Å². The summed E-state index contributed by atoms with van der Waals surface area (Å²) in [6.07, 6.45) is 1.61. The van der Waals surface area contributed by atoms with Crippen LogP contribution in [-0.2, 0) is 4.74 Å². The highest BCUT2D eigenvalue weighted by atomic mass is 16.6. The molecule has 2 N–H and O–H groups in total. The van der Waals surface area contributed by atoms with E-state index in [-0.39, 0.29) is 6.09 Å². The number of hydrogen-bond donors (Lipinski definition) is 1. The molecular weight excluding hydrogens is 352 g/mol. The Balaban J connectivity index is 1.67. The molecule has 0 aliphatic carbocycles. The summed E-state index contributed by atoms with van der Waals surface area (Å²) in [4.78, 5) is 25.3. The summed E-state index contributed by atoms with van der Waals surface area (Å²) in [5.74, 6) is 0.000535. The summed E-state index contributed by atoms with van der Waals surface area (Å²) < 4.78 is 5.48. The summed E-state index contributed by atoms with van der Waals surface area (Å²) in [5.41, 5.74) is 8.80. The van der Waals surface area contributed by atoms with Crippen LogP contribution in [0.3, 0.4) is 0 Å². The van der Waals surface area contributed by atoms with Gasteiger partial charge < -0.3 is 15.4 Å². The molecule has 2 amide bonds. The van der Waals surface area contributed by atoms with Crippen LogP contribution in [0.15, 0.2) is 48.5 Å². The van der Waals surface area contributed by atoms with Gasteiger partial charge in [-0.05, 0) is 68.4 Å². The SMILES string of the molecule is CC(C)(C)OC(=O)N1CCC(c2cccc(-c3ccc(C(N)=O)cc3)c2)CC1. The summed E-state index contributed by atoms with van der Waals surface area (Å²) in [7, 11) is 0. The lowest BCUT2D eigenvalue weighted by Gasteiger charge is -2.33. The lowest BCUT2D eigenvalue weighted by atomic mass is 9.88. The predicted molar refractivity (Wildman–Crippen MR) is 110 cm³/mol. The number of likely N-dealkylation sites (tertiary alicyclic amines) is 1. The Bertz CT molecular complexity index is 845. The Morgan fingerprint density at radius 2 is 1.64 bits per heavy atom. The number of carbonyl (C=O) groups excluding carboxylic acids is 2. The largest absolute Gasteiger partial charge is 0.444 e. The fourth-order valence-corrected chi connectivity index (χ4v) is 3.52. The Morgan fingerprint density at radius 1 is 1.00 bits per heavy atom. The first-order valence-corrected chi connectivity index (χ1v) is 9.71. The number of hydrogen-bond acceptors (Lipinski definition) is 3. The van der Waals surface area contributed by atoms with Gasteiger partial charge in [-0.3, -0.25) is 4.79 Å². The average molecular weight is 380 g/mol. The van der Waals surface area contributed by atoms with Crippen LogP contribution < -0.4 is 5.73 Å². The second kappa shape index (κ2) is 8.05. The van der Waals surface area contributed by atoms with E-state index < -0.39 is 11.5 Å². The van der Waals surface area contributed by atoms with Gasteiger partial charge in [-0.15, -0.1) is 0 Å². The first-order chi connectivity index (χ1) is 13.2. The van der Waals surface area contributed by atoms with Crippen molar-refractivity contribution < 1.29 is 14.3 Å². The van der Waals surface area contributed by atoms with Crippen LogP contribution in [0.1, 0.15) is 55.5 Å². The quantitative estimate of drug-likeness (QED) is 0.848. The maximum Gasteiger partial charge on any atom is 0.410 e. The van der Waals surface area contributed by atoms with Crippen molar-refractivity contribution in [2.24, 2.45) is 5.73 Å². The summed E-state index contributed by atoms with van der Waals surface area (Å²) >= 11 is 0. The molecule has 0 atom stereocenters. The second-order valence-electron chi connectivity index (χ2n) is 8.31. The first-order valence-electron chi connectivity index (χ1n) is 9.71.